The third kappa shape index (κ3) is 3.97. The summed E-state index contributed by atoms with van der Waals surface area (Å²) in [7, 11) is 0. The Bertz CT molecular complexity index is 749. The number of hydrogen-bond acceptors (Lipinski definition) is 3. The van der Waals surface area contributed by atoms with E-state index in [-0.39, 0.29) is 17.6 Å². The lowest BCUT2D eigenvalue weighted by molar-refractivity contribution is 0.0494. The van der Waals surface area contributed by atoms with Gasteiger partial charge in [0.15, 0.2) is 0 Å². The first-order valence-corrected chi connectivity index (χ1v) is 7.52. The van der Waals surface area contributed by atoms with Crippen LogP contribution in [0.5, 0.6) is 0 Å². The van der Waals surface area contributed by atoms with Crippen LogP contribution in [0.4, 0.5) is 8.78 Å². The summed E-state index contributed by atoms with van der Waals surface area (Å²) in [6.45, 7) is 6.97. The number of halogens is 2. The van der Waals surface area contributed by atoms with Gasteiger partial charge in [0.1, 0.15) is 17.2 Å². The van der Waals surface area contributed by atoms with E-state index in [9.17, 15) is 18.7 Å². The third-order valence-corrected chi connectivity index (χ3v) is 3.64. The largest absolute Gasteiger partial charge is 0.383 e. The second kappa shape index (κ2) is 6.32. The van der Waals surface area contributed by atoms with Crippen LogP contribution in [0.15, 0.2) is 30.6 Å². The highest BCUT2D eigenvalue weighted by atomic mass is 19.1. The van der Waals surface area contributed by atoms with Crippen molar-refractivity contribution in [1.82, 2.24) is 15.1 Å². The van der Waals surface area contributed by atoms with E-state index in [4.69, 9.17) is 0 Å². The zero-order chi connectivity index (χ0) is 18.1. The molecule has 0 saturated carbocycles. The lowest BCUT2D eigenvalue weighted by Crippen LogP contribution is -2.39. The number of amides is 1. The first-order valence-electron chi connectivity index (χ1n) is 7.52. The molecular weight excluding hydrogens is 316 g/mol. The fourth-order valence-electron chi connectivity index (χ4n) is 2.18. The monoisotopic (exact) mass is 337 g/mol. The summed E-state index contributed by atoms with van der Waals surface area (Å²) in [5.74, 6) is -2.03. The predicted molar refractivity (Wildman–Crippen MR) is 85.5 cm³/mol. The van der Waals surface area contributed by atoms with Crippen LogP contribution in [-0.4, -0.2) is 27.3 Å². The number of rotatable bonds is 4. The fourth-order valence-corrected chi connectivity index (χ4v) is 2.18. The van der Waals surface area contributed by atoms with E-state index in [1.807, 2.05) is 20.8 Å². The molecule has 1 aromatic heterocycles. The molecular formula is C17H21F2N3O2. The van der Waals surface area contributed by atoms with Crippen molar-refractivity contribution in [3.63, 3.8) is 0 Å². The van der Waals surface area contributed by atoms with Crippen LogP contribution in [0.2, 0.25) is 0 Å². The lowest BCUT2D eigenvalue weighted by atomic mass is 9.95. The van der Waals surface area contributed by atoms with Gasteiger partial charge in [-0.3, -0.25) is 9.48 Å². The normalized spacial score (nSPS) is 14.3. The molecule has 1 unspecified atom stereocenters. The standard InChI is InChI=1S/C17H21F2N3O2/c1-16(2,3)22-9-11(8-21-22)15(23)20-10-17(4,24)13-6-5-12(18)7-14(13)19/h5-9,24H,10H2,1-4H3,(H,20,23). The van der Waals surface area contributed by atoms with Crippen molar-refractivity contribution < 1.29 is 18.7 Å². The minimum Gasteiger partial charge on any atom is -0.383 e. The molecule has 2 N–H and O–H groups in total. The van der Waals surface area contributed by atoms with Crippen LogP contribution >= 0.6 is 0 Å². The SMILES string of the molecule is CC(O)(CNC(=O)c1cnn(C(C)(C)C)c1)c1ccc(F)cc1F. The van der Waals surface area contributed by atoms with Gasteiger partial charge >= 0.3 is 0 Å². The molecule has 1 amide bonds. The summed E-state index contributed by atoms with van der Waals surface area (Å²) in [5.41, 5.74) is -1.69. The quantitative estimate of drug-likeness (QED) is 0.901. The summed E-state index contributed by atoms with van der Waals surface area (Å²) < 4.78 is 28.4. The number of nitrogens with zero attached hydrogens (tertiary/aromatic N) is 2. The van der Waals surface area contributed by atoms with E-state index in [0.29, 0.717) is 11.6 Å². The number of carbonyl (C=O) groups is 1. The topological polar surface area (TPSA) is 67.2 Å². The van der Waals surface area contributed by atoms with Gasteiger partial charge in [-0.15, -0.1) is 0 Å². The van der Waals surface area contributed by atoms with Crippen LogP contribution in [0.25, 0.3) is 0 Å². The van der Waals surface area contributed by atoms with Crippen LogP contribution in [0.3, 0.4) is 0 Å². The van der Waals surface area contributed by atoms with Gasteiger partial charge in [0, 0.05) is 17.8 Å². The maximum absolute atomic E-state index is 13.8. The van der Waals surface area contributed by atoms with Gasteiger partial charge in [-0.2, -0.15) is 5.10 Å². The average molecular weight is 337 g/mol. The highest BCUT2D eigenvalue weighted by Crippen LogP contribution is 2.23. The Balaban J connectivity index is 2.08. The molecule has 0 aliphatic heterocycles. The number of nitrogens with one attached hydrogen (secondary N) is 1. The Morgan fingerprint density at radius 1 is 1.29 bits per heavy atom. The molecule has 1 aromatic carbocycles. The molecule has 0 radical (unpaired) electrons. The number of benzene rings is 1. The molecule has 2 rings (SSSR count). The molecule has 7 heteroatoms. The van der Waals surface area contributed by atoms with Gasteiger partial charge in [0.25, 0.3) is 5.91 Å². The van der Waals surface area contributed by atoms with Crippen LogP contribution in [-0.2, 0) is 11.1 Å². The van der Waals surface area contributed by atoms with Crippen molar-refractivity contribution in [2.75, 3.05) is 6.54 Å². The van der Waals surface area contributed by atoms with Crippen molar-refractivity contribution in [2.24, 2.45) is 0 Å². The molecule has 1 heterocycles. The molecule has 0 spiro atoms. The molecule has 24 heavy (non-hydrogen) atoms. The Hall–Kier alpha value is -2.28. The van der Waals surface area contributed by atoms with E-state index in [2.05, 4.69) is 10.4 Å². The van der Waals surface area contributed by atoms with Crippen molar-refractivity contribution >= 4 is 5.91 Å². The number of carbonyl (C=O) groups excluding carboxylic acids is 1. The van der Waals surface area contributed by atoms with Crippen molar-refractivity contribution in [1.29, 1.82) is 0 Å². The predicted octanol–water partition coefficient (Wildman–Crippen LogP) is 2.55. The van der Waals surface area contributed by atoms with Crippen molar-refractivity contribution in [3.05, 3.63) is 53.4 Å². The maximum Gasteiger partial charge on any atom is 0.254 e. The molecule has 5 nitrogen and oxygen atoms in total. The van der Waals surface area contributed by atoms with Gasteiger partial charge in [0.2, 0.25) is 0 Å². The Labute approximate surface area is 139 Å². The highest BCUT2D eigenvalue weighted by Gasteiger charge is 2.28. The highest BCUT2D eigenvalue weighted by molar-refractivity contribution is 5.93. The zero-order valence-corrected chi connectivity index (χ0v) is 14.1. The molecule has 2 aromatic rings. The van der Waals surface area contributed by atoms with Gasteiger partial charge in [-0.05, 0) is 33.8 Å². The van der Waals surface area contributed by atoms with Crippen LogP contribution in [0.1, 0.15) is 43.6 Å². The fraction of sp³-hybridized carbons (Fsp3) is 0.412. The number of hydrogen-bond donors (Lipinski definition) is 2. The second-order valence-electron chi connectivity index (χ2n) is 6.93. The first kappa shape index (κ1) is 18.1. The Kier molecular flexibility index (Phi) is 4.75. The zero-order valence-electron chi connectivity index (χ0n) is 14.1. The van der Waals surface area contributed by atoms with E-state index in [1.54, 1.807) is 10.9 Å². The summed E-state index contributed by atoms with van der Waals surface area (Å²) in [4.78, 5) is 12.2. The first-order chi connectivity index (χ1) is 11.0. The third-order valence-electron chi connectivity index (χ3n) is 3.64. The van der Waals surface area contributed by atoms with Gasteiger partial charge in [0.05, 0.1) is 23.8 Å². The average Bonchev–Trinajstić information content (AvgIpc) is 2.94. The molecule has 130 valence electrons. The number of aliphatic hydroxyl groups is 1. The van der Waals surface area contributed by atoms with Gasteiger partial charge < -0.3 is 10.4 Å². The maximum atomic E-state index is 13.8. The van der Waals surface area contributed by atoms with E-state index in [0.717, 1.165) is 12.1 Å². The van der Waals surface area contributed by atoms with E-state index in [1.165, 1.54) is 13.1 Å². The van der Waals surface area contributed by atoms with Gasteiger partial charge in [-0.1, -0.05) is 6.07 Å². The second-order valence-corrected chi connectivity index (χ2v) is 6.93. The Morgan fingerprint density at radius 2 is 1.96 bits per heavy atom. The molecule has 0 aliphatic rings. The van der Waals surface area contributed by atoms with Crippen LogP contribution < -0.4 is 5.32 Å². The summed E-state index contributed by atoms with van der Waals surface area (Å²) in [6.07, 6.45) is 3.02. The minimum absolute atomic E-state index is 0.0883. The number of aromatic nitrogens is 2. The summed E-state index contributed by atoms with van der Waals surface area (Å²) in [5, 5.41) is 17.1. The molecule has 0 saturated heterocycles. The van der Waals surface area contributed by atoms with Gasteiger partial charge in [-0.25, -0.2) is 8.78 Å². The van der Waals surface area contributed by atoms with E-state index >= 15 is 0 Å². The lowest BCUT2D eigenvalue weighted by Gasteiger charge is -2.24. The van der Waals surface area contributed by atoms with E-state index < -0.39 is 23.1 Å². The minimum atomic E-state index is -1.67. The summed E-state index contributed by atoms with van der Waals surface area (Å²) >= 11 is 0. The molecule has 0 fully saturated rings. The molecule has 0 aliphatic carbocycles. The van der Waals surface area contributed by atoms with Crippen LogP contribution in [0, 0.1) is 11.6 Å². The molecule has 0 bridgehead atoms. The molecule has 1 atom stereocenters. The smallest absolute Gasteiger partial charge is 0.254 e. The van der Waals surface area contributed by atoms with Crippen molar-refractivity contribution in [2.45, 2.75) is 38.8 Å². The summed E-state index contributed by atoms with van der Waals surface area (Å²) in [6, 6.07) is 2.91. The van der Waals surface area contributed by atoms with Crippen molar-refractivity contribution in [3.8, 4) is 0 Å². The Morgan fingerprint density at radius 3 is 2.50 bits per heavy atom.